The molecule has 4 aliphatic rings. The molecule has 47 heavy (non-hydrogen) atoms. The summed E-state index contributed by atoms with van der Waals surface area (Å²) in [7, 11) is 4.40. The first-order valence-corrected chi connectivity index (χ1v) is 15.9. The van der Waals surface area contributed by atoms with Crippen LogP contribution in [-0.2, 0) is 22.4 Å². The summed E-state index contributed by atoms with van der Waals surface area (Å²) in [5.41, 5.74) is 2.04. The Morgan fingerprint density at radius 1 is 0.915 bits per heavy atom. The number of methoxy groups -OCH3 is 3. The fraction of sp³-hybridized carbons (Fsp3) is 0.361. The first-order chi connectivity index (χ1) is 22.7. The van der Waals surface area contributed by atoms with Crippen molar-refractivity contribution in [2.24, 2.45) is 5.92 Å². The number of nitrogens with one attached hydrogen (secondary N) is 1. The standard InChI is InChI=1S/C36H34ClNO9/c1-18-13-23-30(34(40)36(18)35(41)31-27(43-3)17-28(44-4)32(37)33(31)47-36)22(16-29(39)38-23)20-6-8-25(26(15-20)42-2)46-11-9-19-5-7-24-21(14-19)10-12-45-24/h5-8,14-15,17-18,22H,9-13,16H2,1-4H3,(H,38,39). The highest BCUT2D eigenvalue weighted by Gasteiger charge is 2.63. The Morgan fingerprint density at radius 2 is 1.70 bits per heavy atom. The highest BCUT2D eigenvalue weighted by Crippen LogP contribution is 2.55. The fourth-order valence-corrected chi connectivity index (χ4v) is 7.43. The molecule has 3 unspecified atom stereocenters. The molecule has 0 fully saturated rings. The van der Waals surface area contributed by atoms with E-state index in [0.717, 1.165) is 17.7 Å². The lowest BCUT2D eigenvalue weighted by Gasteiger charge is -2.41. The van der Waals surface area contributed by atoms with Gasteiger partial charge in [0.25, 0.3) is 0 Å². The van der Waals surface area contributed by atoms with Crippen LogP contribution in [0.25, 0.3) is 0 Å². The van der Waals surface area contributed by atoms with Gasteiger partial charge in [-0.25, -0.2) is 0 Å². The van der Waals surface area contributed by atoms with Crippen molar-refractivity contribution in [3.05, 3.63) is 81.0 Å². The van der Waals surface area contributed by atoms with Gasteiger partial charge in [-0.3, -0.25) is 14.4 Å². The fourth-order valence-electron chi connectivity index (χ4n) is 7.17. The van der Waals surface area contributed by atoms with E-state index in [2.05, 4.69) is 11.4 Å². The number of carbonyl (C=O) groups is 3. The Bertz CT molecular complexity index is 1870. The monoisotopic (exact) mass is 659 g/mol. The summed E-state index contributed by atoms with van der Waals surface area (Å²) in [5, 5.41) is 2.97. The van der Waals surface area contributed by atoms with Crippen molar-refractivity contribution >= 4 is 29.1 Å². The summed E-state index contributed by atoms with van der Waals surface area (Å²) in [5.74, 6) is -0.115. The van der Waals surface area contributed by atoms with E-state index in [-0.39, 0.29) is 46.6 Å². The first-order valence-electron chi connectivity index (χ1n) is 15.5. The summed E-state index contributed by atoms with van der Waals surface area (Å²) >= 11 is 6.60. The van der Waals surface area contributed by atoms with Gasteiger partial charge >= 0.3 is 0 Å². The molecular formula is C36H34ClNO9. The van der Waals surface area contributed by atoms with Crippen LogP contribution in [0.1, 0.15) is 52.7 Å². The van der Waals surface area contributed by atoms with Gasteiger partial charge in [0.1, 0.15) is 27.8 Å². The van der Waals surface area contributed by atoms with Crippen LogP contribution in [0.4, 0.5) is 0 Å². The molecule has 1 spiro atoms. The number of Topliss-reactive ketones (excluding diaryl/α,β-unsaturated/α-hetero) is 2. The van der Waals surface area contributed by atoms with Crippen LogP contribution in [0.5, 0.6) is 34.5 Å². The molecule has 11 heteroatoms. The second kappa shape index (κ2) is 11.8. The maximum atomic E-state index is 14.7. The van der Waals surface area contributed by atoms with Crippen molar-refractivity contribution in [1.82, 2.24) is 5.32 Å². The predicted octanol–water partition coefficient (Wildman–Crippen LogP) is 5.40. The maximum Gasteiger partial charge on any atom is 0.236 e. The van der Waals surface area contributed by atoms with E-state index in [9.17, 15) is 14.4 Å². The number of halogens is 1. The molecule has 3 aromatic rings. The second-order valence-electron chi connectivity index (χ2n) is 12.1. The van der Waals surface area contributed by atoms with Crippen LogP contribution in [0.3, 0.4) is 0 Å². The van der Waals surface area contributed by atoms with E-state index in [1.807, 2.05) is 18.2 Å². The highest BCUT2D eigenvalue weighted by atomic mass is 35.5. The average Bonchev–Trinajstić information content (AvgIpc) is 3.67. The molecule has 0 bridgehead atoms. The van der Waals surface area contributed by atoms with Crippen LogP contribution in [0.2, 0.25) is 5.02 Å². The summed E-state index contributed by atoms with van der Waals surface area (Å²) in [6.07, 6.45) is 1.83. The second-order valence-corrected chi connectivity index (χ2v) is 12.5. The molecule has 0 saturated carbocycles. The number of carbonyl (C=O) groups excluding carboxylic acids is 3. The minimum absolute atomic E-state index is 0.000521. The lowest BCUT2D eigenvalue weighted by molar-refractivity contribution is -0.131. The van der Waals surface area contributed by atoms with Gasteiger partial charge in [-0.1, -0.05) is 36.7 Å². The SMILES string of the molecule is COc1cc(C2CC(=O)NC3=C2C(=O)C2(Oc4c(Cl)c(OC)cc(OC)c4C2=O)C(C)C3)ccc1OCCc1ccc2c(c1)CCO2. The lowest BCUT2D eigenvalue weighted by atomic mass is 9.66. The minimum atomic E-state index is -1.89. The summed E-state index contributed by atoms with van der Waals surface area (Å²) in [6, 6.07) is 13.1. The number of amides is 1. The van der Waals surface area contributed by atoms with Crippen LogP contribution in [0.15, 0.2) is 53.7 Å². The molecule has 244 valence electrons. The lowest BCUT2D eigenvalue weighted by Crippen LogP contribution is -2.59. The minimum Gasteiger partial charge on any atom is -0.496 e. The summed E-state index contributed by atoms with van der Waals surface area (Å²) in [6.45, 7) is 2.89. The number of hydrogen-bond donors (Lipinski definition) is 1. The van der Waals surface area contributed by atoms with Crippen LogP contribution >= 0.6 is 11.6 Å². The number of hydrogen-bond acceptors (Lipinski definition) is 9. The molecule has 10 nitrogen and oxygen atoms in total. The largest absolute Gasteiger partial charge is 0.496 e. The number of ether oxygens (including phenoxy) is 6. The number of benzene rings is 3. The number of fused-ring (bicyclic) bond motifs is 2. The van der Waals surface area contributed by atoms with E-state index in [0.29, 0.717) is 48.0 Å². The van der Waals surface area contributed by atoms with Crippen molar-refractivity contribution in [2.75, 3.05) is 34.5 Å². The molecule has 3 aromatic carbocycles. The van der Waals surface area contributed by atoms with Gasteiger partial charge in [0.15, 0.2) is 17.2 Å². The Balaban J connectivity index is 1.18. The van der Waals surface area contributed by atoms with Gasteiger partial charge < -0.3 is 33.7 Å². The molecule has 3 atom stereocenters. The first kappa shape index (κ1) is 30.9. The zero-order chi connectivity index (χ0) is 33.0. The molecule has 1 aliphatic carbocycles. The third-order valence-electron chi connectivity index (χ3n) is 9.55. The van der Waals surface area contributed by atoms with Gasteiger partial charge in [-0.15, -0.1) is 0 Å². The number of ketones is 2. The Morgan fingerprint density at radius 3 is 2.47 bits per heavy atom. The molecule has 7 rings (SSSR count). The molecule has 3 heterocycles. The van der Waals surface area contributed by atoms with Crippen molar-refractivity contribution < 1.29 is 42.8 Å². The number of rotatable bonds is 8. The topological polar surface area (TPSA) is 119 Å². The quantitative estimate of drug-likeness (QED) is 0.317. The molecule has 0 radical (unpaired) electrons. The zero-order valence-electron chi connectivity index (χ0n) is 26.5. The predicted molar refractivity (Wildman–Crippen MR) is 171 cm³/mol. The Kier molecular flexibility index (Phi) is 7.78. The third kappa shape index (κ3) is 4.88. The maximum absolute atomic E-state index is 14.7. The molecule has 1 N–H and O–H groups in total. The summed E-state index contributed by atoms with van der Waals surface area (Å²) < 4.78 is 34.6. The van der Waals surface area contributed by atoms with E-state index in [4.69, 9.17) is 40.0 Å². The smallest absolute Gasteiger partial charge is 0.236 e. The van der Waals surface area contributed by atoms with Crippen molar-refractivity contribution in [1.29, 1.82) is 0 Å². The molecule has 1 amide bonds. The van der Waals surface area contributed by atoms with E-state index in [1.54, 1.807) is 26.2 Å². The van der Waals surface area contributed by atoms with E-state index >= 15 is 0 Å². The van der Waals surface area contributed by atoms with Gasteiger partial charge in [0, 0.05) is 48.4 Å². The molecule has 0 saturated heterocycles. The van der Waals surface area contributed by atoms with Crippen molar-refractivity contribution in [3.8, 4) is 34.5 Å². The van der Waals surface area contributed by atoms with Crippen LogP contribution < -0.4 is 33.7 Å². The average molecular weight is 660 g/mol. The highest BCUT2D eigenvalue weighted by molar-refractivity contribution is 6.36. The zero-order valence-corrected chi connectivity index (χ0v) is 27.2. The van der Waals surface area contributed by atoms with Gasteiger partial charge in [-0.2, -0.15) is 0 Å². The van der Waals surface area contributed by atoms with Gasteiger partial charge in [-0.05, 0) is 41.3 Å². The Labute approximate surface area is 276 Å². The molecule has 3 aliphatic heterocycles. The van der Waals surface area contributed by atoms with Crippen molar-refractivity contribution in [2.45, 2.75) is 44.1 Å². The molecule has 0 aromatic heterocycles. The van der Waals surface area contributed by atoms with Gasteiger partial charge in [0.05, 0.1) is 34.5 Å². The van der Waals surface area contributed by atoms with Crippen LogP contribution in [-0.4, -0.2) is 57.6 Å². The normalized spacial score (nSPS) is 22.6. The number of allylic oxidation sites excluding steroid dienone is 1. The summed E-state index contributed by atoms with van der Waals surface area (Å²) in [4.78, 5) is 41.9. The molecular weight excluding hydrogens is 626 g/mol. The van der Waals surface area contributed by atoms with E-state index in [1.165, 1.54) is 25.8 Å². The van der Waals surface area contributed by atoms with Crippen LogP contribution in [0, 0.1) is 5.92 Å². The van der Waals surface area contributed by atoms with Crippen molar-refractivity contribution in [3.63, 3.8) is 0 Å². The third-order valence-corrected chi connectivity index (χ3v) is 9.91. The van der Waals surface area contributed by atoms with Gasteiger partial charge in [0.2, 0.25) is 23.1 Å². The Hall–Kier alpha value is -4.70. The van der Waals surface area contributed by atoms with E-state index < -0.39 is 29.0 Å².